The van der Waals surface area contributed by atoms with E-state index in [2.05, 4.69) is 5.32 Å². The molecule has 0 saturated carbocycles. The topological polar surface area (TPSA) is 97.4 Å². The first-order chi connectivity index (χ1) is 13.7. The maximum absolute atomic E-state index is 12.2. The molecule has 0 bridgehead atoms. The number of hydrogen-bond acceptors (Lipinski definition) is 6. The van der Waals surface area contributed by atoms with Gasteiger partial charge in [-0.1, -0.05) is 0 Å². The summed E-state index contributed by atoms with van der Waals surface area (Å²) in [7, 11) is 0. The Kier molecular flexibility index (Phi) is 7.83. The number of nitrogens with zero attached hydrogens (tertiary/aromatic N) is 2. The summed E-state index contributed by atoms with van der Waals surface area (Å²) in [5.74, 6) is 0. The third-order valence-electron chi connectivity index (χ3n) is 4.05. The van der Waals surface area contributed by atoms with Crippen LogP contribution in [0.1, 0.15) is 27.7 Å². The van der Waals surface area contributed by atoms with Crippen LogP contribution in [0.3, 0.4) is 0 Å². The van der Waals surface area contributed by atoms with E-state index < -0.39 is 23.9 Å². The zero-order valence-corrected chi connectivity index (χ0v) is 17.3. The Morgan fingerprint density at radius 3 is 2.62 bits per heavy atom. The minimum atomic E-state index is -0.595. The van der Waals surface area contributed by atoms with E-state index in [1.165, 1.54) is 9.80 Å². The lowest BCUT2D eigenvalue weighted by Gasteiger charge is -2.20. The molecule has 1 fully saturated rings. The van der Waals surface area contributed by atoms with Crippen molar-refractivity contribution in [2.75, 3.05) is 42.6 Å². The number of amides is 3. The molecule has 0 radical (unpaired) electrons. The average molecular weight is 407 g/mol. The molecule has 9 nitrogen and oxygen atoms in total. The van der Waals surface area contributed by atoms with Crippen LogP contribution >= 0.6 is 0 Å². The first kappa shape index (κ1) is 22.5. The van der Waals surface area contributed by atoms with Gasteiger partial charge in [-0.15, -0.1) is 0 Å². The molecule has 1 atom stereocenters. The van der Waals surface area contributed by atoms with Gasteiger partial charge in [0.2, 0.25) is 6.41 Å². The first-order valence-electron chi connectivity index (χ1n) is 9.58. The molecule has 0 aromatic heterocycles. The molecule has 29 heavy (non-hydrogen) atoms. The number of hydrogen-bond donors (Lipinski definition) is 1. The number of carbonyl (C=O) groups is 3. The summed E-state index contributed by atoms with van der Waals surface area (Å²) in [5.41, 5.74) is 0.760. The minimum Gasteiger partial charge on any atom is -0.444 e. The lowest BCUT2D eigenvalue weighted by Crippen LogP contribution is -2.38. The molecule has 1 unspecified atom stereocenters. The predicted molar refractivity (Wildman–Crippen MR) is 108 cm³/mol. The van der Waals surface area contributed by atoms with Crippen molar-refractivity contribution in [1.29, 1.82) is 0 Å². The number of ether oxygens (including phenoxy) is 3. The van der Waals surface area contributed by atoms with Gasteiger partial charge in [0.15, 0.2) is 0 Å². The smallest absolute Gasteiger partial charge is 0.414 e. The summed E-state index contributed by atoms with van der Waals surface area (Å²) in [5, 5.41) is 2.61. The summed E-state index contributed by atoms with van der Waals surface area (Å²) in [6.45, 7) is 9.16. The molecule has 1 aromatic rings. The Bertz CT molecular complexity index is 701. The van der Waals surface area contributed by atoms with E-state index in [-0.39, 0.29) is 6.54 Å². The van der Waals surface area contributed by atoms with Crippen molar-refractivity contribution in [3.05, 3.63) is 24.3 Å². The van der Waals surface area contributed by atoms with Crippen molar-refractivity contribution in [1.82, 2.24) is 5.32 Å². The van der Waals surface area contributed by atoms with Crippen LogP contribution in [0.2, 0.25) is 0 Å². The molecule has 2 rings (SSSR count). The number of cyclic esters (lactones) is 1. The average Bonchev–Trinajstić information content (AvgIpc) is 3.03. The molecule has 3 amide bonds. The summed E-state index contributed by atoms with van der Waals surface area (Å²) in [6.07, 6.45) is -0.779. The highest BCUT2D eigenvalue weighted by Gasteiger charge is 2.33. The third kappa shape index (κ3) is 6.94. The van der Waals surface area contributed by atoms with Crippen LogP contribution in [0.4, 0.5) is 21.0 Å². The lowest BCUT2D eigenvalue weighted by atomic mass is 10.2. The van der Waals surface area contributed by atoms with Crippen molar-refractivity contribution < 1.29 is 28.6 Å². The fraction of sp³-hybridized carbons (Fsp3) is 0.550. The van der Waals surface area contributed by atoms with Crippen molar-refractivity contribution in [2.24, 2.45) is 0 Å². The van der Waals surface area contributed by atoms with Crippen LogP contribution in [0, 0.1) is 0 Å². The summed E-state index contributed by atoms with van der Waals surface area (Å²) < 4.78 is 15.8. The van der Waals surface area contributed by atoms with Gasteiger partial charge in [-0.2, -0.15) is 0 Å². The van der Waals surface area contributed by atoms with E-state index in [1.807, 2.05) is 6.92 Å². The molecule has 1 aromatic carbocycles. The zero-order chi connectivity index (χ0) is 21.4. The van der Waals surface area contributed by atoms with Crippen molar-refractivity contribution in [3.63, 3.8) is 0 Å². The fourth-order valence-corrected chi connectivity index (χ4v) is 2.72. The van der Waals surface area contributed by atoms with Gasteiger partial charge in [-0.25, -0.2) is 9.59 Å². The predicted octanol–water partition coefficient (Wildman–Crippen LogP) is 2.54. The highest BCUT2D eigenvalue weighted by molar-refractivity contribution is 5.90. The second-order valence-electron chi connectivity index (χ2n) is 7.51. The van der Waals surface area contributed by atoms with E-state index in [0.717, 1.165) is 6.41 Å². The second kappa shape index (κ2) is 10.1. The van der Waals surface area contributed by atoms with Crippen molar-refractivity contribution in [3.8, 4) is 0 Å². The number of benzene rings is 1. The normalized spacial score (nSPS) is 16.3. The second-order valence-corrected chi connectivity index (χ2v) is 7.51. The molecule has 0 spiro atoms. The van der Waals surface area contributed by atoms with E-state index >= 15 is 0 Å². The molecule has 9 heteroatoms. The van der Waals surface area contributed by atoms with Crippen molar-refractivity contribution in [2.45, 2.75) is 39.4 Å². The molecule has 1 N–H and O–H groups in total. The summed E-state index contributed by atoms with van der Waals surface area (Å²) >= 11 is 0. The van der Waals surface area contributed by atoms with Gasteiger partial charge in [-0.3, -0.25) is 9.69 Å². The van der Waals surface area contributed by atoms with Gasteiger partial charge in [0.05, 0.1) is 19.7 Å². The highest BCUT2D eigenvalue weighted by Crippen LogP contribution is 2.24. The fourth-order valence-electron chi connectivity index (χ4n) is 2.72. The molecular weight excluding hydrogens is 378 g/mol. The maximum Gasteiger partial charge on any atom is 0.414 e. The number of nitrogens with one attached hydrogen (secondary N) is 1. The summed E-state index contributed by atoms with van der Waals surface area (Å²) in [6, 6.07) is 7.01. The largest absolute Gasteiger partial charge is 0.444 e. The van der Waals surface area contributed by atoms with Crippen LogP contribution < -0.4 is 15.1 Å². The standard InChI is InChI=1S/C20H29N3O6/c1-5-27-11-10-22(14-24)15-6-8-16(9-7-15)23-13-17(28-19(23)26)12-21-18(25)29-20(2,3)4/h6-9,14,17H,5,10-13H2,1-4H3,(H,21,25). The Morgan fingerprint density at radius 1 is 1.34 bits per heavy atom. The number of carbonyl (C=O) groups excluding carboxylic acids is 3. The van der Waals surface area contributed by atoms with E-state index in [9.17, 15) is 14.4 Å². The minimum absolute atomic E-state index is 0.158. The molecule has 1 aliphatic rings. The van der Waals surface area contributed by atoms with Crippen LogP contribution in [-0.2, 0) is 19.0 Å². The van der Waals surface area contributed by atoms with E-state index in [1.54, 1.807) is 45.0 Å². The molecule has 1 aliphatic heterocycles. The zero-order valence-electron chi connectivity index (χ0n) is 17.3. The SMILES string of the molecule is CCOCCN(C=O)c1ccc(N2CC(CNC(=O)OC(C)(C)C)OC2=O)cc1. The van der Waals surface area contributed by atoms with Gasteiger partial charge in [0.1, 0.15) is 11.7 Å². The monoisotopic (exact) mass is 407 g/mol. The van der Waals surface area contributed by atoms with Crippen LogP contribution in [0.5, 0.6) is 0 Å². The maximum atomic E-state index is 12.2. The lowest BCUT2D eigenvalue weighted by molar-refractivity contribution is -0.107. The van der Waals surface area contributed by atoms with Crippen LogP contribution in [0.15, 0.2) is 24.3 Å². The molecule has 1 saturated heterocycles. The number of alkyl carbamates (subject to hydrolysis) is 1. The number of anilines is 2. The Hall–Kier alpha value is -2.81. The van der Waals surface area contributed by atoms with Gasteiger partial charge in [0.25, 0.3) is 0 Å². The Balaban J connectivity index is 1.91. The quantitative estimate of drug-likeness (QED) is 0.499. The van der Waals surface area contributed by atoms with Crippen LogP contribution in [-0.4, -0.2) is 63.1 Å². The van der Waals surface area contributed by atoms with E-state index in [0.29, 0.717) is 37.7 Å². The van der Waals surface area contributed by atoms with Crippen LogP contribution in [0.25, 0.3) is 0 Å². The summed E-state index contributed by atoms with van der Waals surface area (Å²) in [4.78, 5) is 38.2. The highest BCUT2D eigenvalue weighted by atomic mass is 16.6. The molecular formula is C20H29N3O6. The molecule has 160 valence electrons. The molecule has 1 heterocycles. The Morgan fingerprint density at radius 2 is 2.03 bits per heavy atom. The van der Waals surface area contributed by atoms with Gasteiger partial charge in [-0.05, 0) is 52.0 Å². The van der Waals surface area contributed by atoms with Gasteiger partial charge in [0, 0.05) is 24.5 Å². The Labute approximate surface area is 170 Å². The van der Waals surface area contributed by atoms with Crippen molar-refractivity contribution >= 4 is 30.0 Å². The first-order valence-corrected chi connectivity index (χ1v) is 9.58. The van der Waals surface area contributed by atoms with Gasteiger partial charge < -0.3 is 24.4 Å². The van der Waals surface area contributed by atoms with Gasteiger partial charge >= 0.3 is 12.2 Å². The number of rotatable bonds is 9. The third-order valence-corrected chi connectivity index (χ3v) is 4.05. The molecule has 0 aliphatic carbocycles. The van der Waals surface area contributed by atoms with E-state index in [4.69, 9.17) is 14.2 Å².